The molecule has 1 N–H and O–H groups in total. The van der Waals surface area contributed by atoms with Gasteiger partial charge in [0, 0.05) is 45.1 Å². The molecule has 0 aromatic heterocycles. The lowest BCUT2D eigenvalue weighted by Crippen LogP contribution is -2.47. The van der Waals surface area contributed by atoms with Crippen LogP contribution in [0.5, 0.6) is 0 Å². The van der Waals surface area contributed by atoms with Crippen LogP contribution < -0.4 is 5.32 Å². The summed E-state index contributed by atoms with van der Waals surface area (Å²) in [6, 6.07) is 16.3. The molecule has 0 unspecified atom stereocenters. The third-order valence-electron chi connectivity index (χ3n) is 6.32. The van der Waals surface area contributed by atoms with Gasteiger partial charge in [0.2, 0.25) is 15.9 Å². The second kappa shape index (κ2) is 9.08. The number of benzene rings is 2. The molecule has 0 atom stereocenters. The van der Waals surface area contributed by atoms with Crippen molar-refractivity contribution in [3.05, 3.63) is 60.2 Å². The molecule has 1 amide bonds. The Kier molecular flexibility index (Phi) is 6.43. The molecular weight excluding hydrogens is 414 g/mol. The molecule has 2 aromatic carbocycles. The molecule has 2 aromatic rings. The normalized spacial score (nSPS) is 20.3. The first kappa shape index (κ1) is 22.0. The van der Waals surface area contributed by atoms with Gasteiger partial charge in [0.05, 0.1) is 10.3 Å². The number of carbonyl (C=O) groups excluding carboxylic acids is 1. The highest BCUT2D eigenvalue weighted by Gasteiger charge is 2.41. The number of ether oxygens (including phenoxy) is 1. The van der Waals surface area contributed by atoms with Gasteiger partial charge in [-0.15, -0.1) is 0 Å². The van der Waals surface area contributed by atoms with Crippen molar-refractivity contribution in [2.75, 3.05) is 51.8 Å². The Morgan fingerprint density at radius 3 is 2.16 bits per heavy atom. The largest absolute Gasteiger partial charge is 0.381 e. The van der Waals surface area contributed by atoms with Gasteiger partial charge < -0.3 is 15.0 Å². The van der Waals surface area contributed by atoms with Crippen LogP contribution in [0.3, 0.4) is 0 Å². The lowest BCUT2D eigenvalue weighted by atomic mass is 9.73. The van der Waals surface area contributed by atoms with E-state index in [1.54, 1.807) is 24.3 Å². The van der Waals surface area contributed by atoms with Gasteiger partial charge in [-0.25, -0.2) is 8.42 Å². The predicted octanol–water partition coefficient (Wildman–Crippen LogP) is 2.31. The number of likely N-dealkylation sites (N-methyl/N-ethyl adjacent to an activating group) is 1. The summed E-state index contributed by atoms with van der Waals surface area (Å²) in [4.78, 5) is 15.7. The molecule has 2 aliphatic heterocycles. The average Bonchev–Trinajstić information content (AvgIpc) is 2.81. The molecule has 0 saturated carbocycles. The third kappa shape index (κ3) is 4.52. The van der Waals surface area contributed by atoms with Gasteiger partial charge in [0.25, 0.3) is 0 Å². The van der Waals surface area contributed by atoms with Crippen LogP contribution in [0.1, 0.15) is 18.4 Å². The molecule has 0 bridgehead atoms. The highest BCUT2D eigenvalue weighted by Crippen LogP contribution is 2.36. The van der Waals surface area contributed by atoms with Crippen molar-refractivity contribution in [1.29, 1.82) is 0 Å². The number of anilines is 1. The summed E-state index contributed by atoms with van der Waals surface area (Å²) in [7, 11) is -1.54. The number of hydrogen-bond donors (Lipinski definition) is 1. The van der Waals surface area contributed by atoms with Crippen molar-refractivity contribution in [2.24, 2.45) is 0 Å². The van der Waals surface area contributed by atoms with Crippen LogP contribution in [0.15, 0.2) is 59.5 Å². The maximum absolute atomic E-state index is 13.4. The molecule has 7 nitrogen and oxygen atoms in total. The molecule has 0 radical (unpaired) electrons. The fourth-order valence-electron chi connectivity index (χ4n) is 4.26. The molecular formula is C23H29N3O4S. The number of piperazine rings is 1. The Morgan fingerprint density at radius 2 is 1.55 bits per heavy atom. The second-order valence-corrected chi connectivity index (χ2v) is 10.2. The SMILES string of the molecule is CN1CCN(S(=O)(=O)c2ccc(NC(=O)C3(c4ccccc4)CCOCC3)cc2)CC1. The zero-order valence-corrected chi connectivity index (χ0v) is 18.6. The third-order valence-corrected chi connectivity index (χ3v) is 8.23. The quantitative estimate of drug-likeness (QED) is 0.767. The first-order valence-electron chi connectivity index (χ1n) is 10.7. The maximum Gasteiger partial charge on any atom is 0.243 e. The number of nitrogens with one attached hydrogen (secondary N) is 1. The predicted molar refractivity (Wildman–Crippen MR) is 120 cm³/mol. The molecule has 0 spiro atoms. The fraction of sp³-hybridized carbons (Fsp3) is 0.435. The first-order valence-corrected chi connectivity index (χ1v) is 12.1. The van der Waals surface area contributed by atoms with Crippen molar-refractivity contribution < 1.29 is 17.9 Å². The molecule has 4 rings (SSSR count). The summed E-state index contributed by atoms with van der Waals surface area (Å²) < 4.78 is 32.9. The lowest BCUT2D eigenvalue weighted by molar-refractivity contribution is -0.125. The number of carbonyl (C=O) groups is 1. The number of nitrogens with zero attached hydrogens (tertiary/aromatic N) is 2. The first-order chi connectivity index (χ1) is 14.9. The van der Waals surface area contributed by atoms with Crippen molar-refractivity contribution in [2.45, 2.75) is 23.2 Å². The van der Waals surface area contributed by atoms with Gasteiger partial charge in [-0.1, -0.05) is 30.3 Å². The van der Waals surface area contributed by atoms with E-state index in [2.05, 4.69) is 10.2 Å². The van der Waals surface area contributed by atoms with Gasteiger partial charge in [0.1, 0.15) is 0 Å². The van der Waals surface area contributed by atoms with Gasteiger partial charge in [0.15, 0.2) is 0 Å². The minimum absolute atomic E-state index is 0.0864. The van der Waals surface area contributed by atoms with Gasteiger partial charge in [-0.3, -0.25) is 4.79 Å². The molecule has 8 heteroatoms. The van der Waals surface area contributed by atoms with Gasteiger partial charge >= 0.3 is 0 Å². The van der Waals surface area contributed by atoms with E-state index >= 15 is 0 Å². The van der Waals surface area contributed by atoms with Crippen LogP contribution in [-0.2, 0) is 25.0 Å². The average molecular weight is 444 g/mol. The van der Waals surface area contributed by atoms with Crippen LogP contribution in [-0.4, -0.2) is 70.0 Å². The lowest BCUT2D eigenvalue weighted by Gasteiger charge is -2.36. The zero-order chi connectivity index (χ0) is 21.9. The molecule has 0 aliphatic carbocycles. The van der Waals surface area contributed by atoms with Crippen molar-refractivity contribution in [3.8, 4) is 0 Å². The molecule has 2 fully saturated rings. The number of amides is 1. The molecule has 31 heavy (non-hydrogen) atoms. The monoisotopic (exact) mass is 443 g/mol. The van der Waals surface area contributed by atoms with Crippen LogP contribution in [0.4, 0.5) is 5.69 Å². The summed E-state index contributed by atoms with van der Waals surface area (Å²) in [5.74, 6) is -0.0864. The molecule has 2 heterocycles. The van der Waals surface area contributed by atoms with Gasteiger partial charge in [-0.2, -0.15) is 4.31 Å². The zero-order valence-electron chi connectivity index (χ0n) is 17.8. The molecule has 166 valence electrons. The Hall–Kier alpha value is -2.26. The van der Waals surface area contributed by atoms with E-state index in [1.807, 2.05) is 37.4 Å². The molecule has 2 saturated heterocycles. The number of hydrogen-bond acceptors (Lipinski definition) is 5. The summed E-state index contributed by atoms with van der Waals surface area (Å²) in [6.45, 7) is 3.48. The van der Waals surface area contributed by atoms with Crippen LogP contribution in [0, 0.1) is 0 Å². The summed E-state index contributed by atoms with van der Waals surface area (Å²) >= 11 is 0. The smallest absolute Gasteiger partial charge is 0.243 e. The van der Waals surface area contributed by atoms with Gasteiger partial charge in [-0.05, 0) is 49.7 Å². The van der Waals surface area contributed by atoms with E-state index in [-0.39, 0.29) is 10.8 Å². The van der Waals surface area contributed by atoms with E-state index in [0.29, 0.717) is 44.8 Å². The maximum atomic E-state index is 13.4. The van der Waals surface area contributed by atoms with E-state index in [4.69, 9.17) is 4.74 Å². The van der Waals surface area contributed by atoms with E-state index in [9.17, 15) is 13.2 Å². The fourth-order valence-corrected chi connectivity index (χ4v) is 5.68. The second-order valence-electron chi connectivity index (χ2n) is 8.25. The number of rotatable bonds is 5. The minimum Gasteiger partial charge on any atom is -0.381 e. The Labute approximate surface area is 184 Å². The van der Waals surface area contributed by atoms with Crippen LogP contribution >= 0.6 is 0 Å². The van der Waals surface area contributed by atoms with E-state index in [0.717, 1.165) is 18.7 Å². The minimum atomic E-state index is -3.53. The van der Waals surface area contributed by atoms with Crippen molar-refractivity contribution in [1.82, 2.24) is 9.21 Å². The van der Waals surface area contributed by atoms with Crippen LogP contribution in [0.25, 0.3) is 0 Å². The van der Waals surface area contributed by atoms with Crippen LogP contribution in [0.2, 0.25) is 0 Å². The highest BCUT2D eigenvalue weighted by molar-refractivity contribution is 7.89. The van der Waals surface area contributed by atoms with E-state index in [1.165, 1.54) is 4.31 Å². The number of sulfonamides is 1. The Bertz CT molecular complexity index is 995. The van der Waals surface area contributed by atoms with Crippen molar-refractivity contribution in [3.63, 3.8) is 0 Å². The topological polar surface area (TPSA) is 79.0 Å². The highest BCUT2D eigenvalue weighted by atomic mass is 32.2. The van der Waals surface area contributed by atoms with E-state index < -0.39 is 15.4 Å². The summed E-state index contributed by atoms with van der Waals surface area (Å²) in [5.41, 5.74) is 0.915. The molecule has 2 aliphatic rings. The Balaban J connectivity index is 1.51. The van der Waals surface area contributed by atoms with Crippen molar-refractivity contribution >= 4 is 21.6 Å². The summed E-state index contributed by atoms with van der Waals surface area (Å²) in [6.07, 6.45) is 1.22. The Morgan fingerprint density at radius 1 is 0.935 bits per heavy atom. The standard InChI is InChI=1S/C23H29N3O4S/c1-25-13-15-26(16-14-25)31(28,29)21-9-7-20(8-10-21)24-22(27)23(11-17-30-18-12-23)19-5-3-2-4-6-19/h2-10H,11-18H2,1H3,(H,24,27). The summed E-state index contributed by atoms with van der Waals surface area (Å²) in [5, 5.41) is 3.01.